The third-order valence-electron chi connectivity index (χ3n) is 5.22. The van der Waals surface area contributed by atoms with Gasteiger partial charge in [0.15, 0.2) is 5.13 Å². The van der Waals surface area contributed by atoms with E-state index in [2.05, 4.69) is 15.2 Å². The number of carboxylic acids is 1. The maximum Gasteiger partial charge on any atom is 0.335 e. The first-order chi connectivity index (χ1) is 12.7. The van der Waals surface area contributed by atoms with Crippen molar-refractivity contribution in [3.8, 4) is 11.3 Å². The van der Waals surface area contributed by atoms with Crippen molar-refractivity contribution in [1.29, 1.82) is 0 Å². The van der Waals surface area contributed by atoms with Gasteiger partial charge >= 0.3 is 5.97 Å². The fourth-order valence-corrected chi connectivity index (χ4v) is 4.58. The number of thiazole rings is 1. The van der Waals surface area contributed by atoms with Gasteiger partial charge in [0.1, 0.15) is 0 Å². The minimum atomic E-state index is -0.904. The molecule has 0 bridgehead atoms. The van der Waals surface area contributed by atoms with Crippen LogP contribution in [0.5, 0.6) is 0 Å². The van der Waals surface area contributed by atoms with Gasteiger partial charge in [0.25, 0.3) is 0 Å². The Labute approximate surface area is 157 Å². The second-order valence-corrected chi connectivity index (χ2v) is 7.60. The van der Waals surface area contributed by atoms with Crippen LogP contribution >= 0.6 is 11.3 Å². The van der Waals surface area contributed by atoms with Crippen molar-refractivity contribution in [2.24, 2.45) is 0 Å². The number of piperidine rings is 1. The molecule has 7 heteroatoms. The maximum atomic E-state index is 11.0. The average Bonchev–Trinajstić information content (AvgIpc) is 3.19. The zero-order valence-electron chi connectivity index (χ0n) is 14.6. The third kappa shape index (κ3) is 3.75. The van der Waals surface area contributed by atoms with Crippen LogP contribution in [-0.4, -0.2) is 66.4 Å². The van der Waals surface area contributed by atoms with E-state index in [1.54, 1.807) is 23.5 Å². The summed E-state index contributed by atoms with van der Waals surface area (Å²) in [6.07, 6.45) is 2.34. The smallest absolute Gasteiger partial charge is 0.335 e. The molecule has 2 aliphatic rings. The van der Waals surface area contributed by atoms with Gasteiger partial charge in [-0.25, -0.2) is 9.78 Å². The Morgan fingerprint density at radius 1 is 1.12 bits per heavy atom. The van der Waals surface area contributed by atoms with Crippen molar-refractivity contribution in [2.75, 3.05) is 44.3 Å². The molecule has 2 aliphatic heterocycles. The number of rotatable bonds is 4. The van der Waals surface area contributed by atoms with E-state index in [9.17, 15) is 4.79 Å². The third-order valence-corrected chi connectivity index (χ3v) is 6.12. The van der Waals surface area contributed by atoms with E-state index in [0.717, 1.165) is 55.8 Å². The number of hydrogen-bond acceptors (Lipinski definition) is 6. The lowest BCUT2D eigenvalue weighted by Gasteiger charge is -2.40. The fourth-order valence-electron chi connectivity index (χ4n) is 3.69. The van der Waals surface area contributed by atoms with Crippen molar-refractivity contribution >= 4 is 22.4 Å². The lowest BCUT2D eigenvalue weighted by atomic mass is 10.0. The Kier molecular flexibility index (Phi) is 5.19. The van der Waals surface area contributed by atoms with Crippen molar-refractivity contribution in [1.82, 2.24) is 9.88 Å². The zero-order valence-corrected chi connectivity index (χ0v) is 15.5. The summed E-state index contributed by atoms with van der Waals surface area (Å²) in [6, 6.07) is 7.58. The number of carboxylic acid groups (broad SMARTS) is 1. The molecule has 0 saturated carbocycles. The molecule has 1 N–H and O–H groups in total. The first-order valence-electron chi connectivity index (χ1n) is 9.07. The van der Waals surface area contributed by atoms with E-state index in [0.29, 0.717) is 11.6 Å². The van der Waals surface area contributed by atoms with E-state index in [-0.39, 0.29) is 0 Å². The SMILES string of the molecule is O=C(O)c1ccc(-c2csc(N3CCC(N4CCOCC4)CC3)n2)cc1. The molecule has 6 nitrogen and oxygen atoms in total. The van der Waals surface area contributed by atoms with Crippen LogP contribution in [-0.2, 0) is 4.74 Å². The van der Waals surface area contributed by atoms with Crippen LogP contribution in [0.25, 0.3) is 11.3 Å². The molecule has 3 heterocycles. The van der Waals surface area contributed by atoms with Crippen LogP contribution in [0.15, 0.2) is 29.6 Å². The molecule has 4 rings (SSSR count). The van der Waals surface area contributed by atoms with E-state index in [1.165, 1.54) is 12.8 Å². The van der Waals surface area contributed by atoms with E-state index < -0.39 is 5.97 Å². The molecule has 2 saturated heterocycles. The van der Waals surface area contributed by atoms with Crippen molar-refractivity contribution in [2.45, 2.75) is 18.9 Å². The summed E-state index contributed by atoms with van der Waals surface area (Å²) in [4.78, 5) is 20.7. The number of nitrogens with zero attached hydrogens (tertiary/aromatic N) is 3. The average molecular weight is 373 g/mol. The Morgan fingerprint density at radius 2 is 1.81 bits per heavy atom. The Hall–Kier alpha value is -1.96. The molecule has 0 radical (unpaired) electrons. The summed E-state index contributed by atoms with van der Waals surface area (Å²) >= 11 is 1.66. The van der Waals surface area contributed by atoms with Crippen molar-refractivity contribution < 1.29 is 14.6 Å². The van der Waals surface area contributed by atoms with Gasteiger partial charge in [0, 0.05) is 43.2 Å². The molecule has 0 aliphatic carbocycles. The standard InChI is InChI=1S/C19H23N3O3S/c23-18(24)15-3-1-14(2-4-15)17-13-26-19(20-17)22-7-5-16(6-8-22)21-9-11-25-12-10-21/h1-4,13,16H,5-12H2,(H,23,24). The number of aromatic carboxylic acids is 1. The Balaban J connectivity index is 1.38. The lowest BCUT2D eigenvalue weighted by Crippen LogP contribution is -2.49. The molecular formula is C19H23N3O3S. The highest BCUT2D eigenvalue weighted by Crippen LogP contribution is 2.30. The van der Waals surface area contributed by atoms with Gasteiger partial charge in [-0.15, -0.1) is 11.3 Å². The molecule has 138 valence electrons. The molecule has 1 aromatic heterocycles. The first-order valence-corrected chi connectivity index (χ1v) is 9.95. The monoisotopic (exact) mass is 373 g/mol. The Bertz CT molecular complexity index is 748. The molecule has 0 amide bonds. The van der Waals surface area contributed by atoms with Crippen LogP contribution in [0, 0.1) is 0 Å². The molecule has 2 aromatic rings. The molecule has 0 atom stereocenters. The number of aromatic nitrogens is 1. The fraction of sp³-hybridized carbons (Fsp3) is 0.474. The molecule has 0 unspecified atom stereocenters. The molecule has 1 aromatic carbocycles. The van der Waals surface area contributed by atoms with Crippen LogP contribution in [0.4, 0.5) is 5.13 Å². The highest BCUT2D eigenvalue weighted by molar-refractivity contribution is 7.14. The second kappa shape index (κ2) is 7.73. The minimum absolute atomic E-state index is 0.300. The van der Waals surface area contributed by atoms with Gasteiger partial charge in [-0.1, -0.05) is 12.1 Å². The first kappa shape index (κ1) is 17.5. The number of ether oxygens (including phenoxy) is 1. The predicted molar refractivity (Wildman–Crippen MR) is 102 cm³/mol. The minimum Gasteiger partial charge on any atom is -0.478 e. The zero-order chi connectivity index (χ0) is 17.9. The molecule has 26 heavy (non-hydrogen) atoms. The van der Waals surface area contributed by atoms with Crippen LogP contribution in [0.3, 0.4) is 0 Å². The normalized spacial score (nSPS) is 19.6. The number of morpholine rings is 1. The summed E-state index contributed by atoms with van der Waals surface area (Å²) in [5.74, 6) is -0.904. The summed E-state index contributed by atoms with van der Waals surface area (Å²) in [7, 11) is 0. The van der Waals surface area contributed by atoms with E-state index in [4.69, 9.17) is 14.8 Å². The molecule has 0 spiro atoms. The predicted octanol–water partition coefficient (Wildman–Crippen LogP) is 2.81. The van der Waals surface area contributed by atoms with Gasteiger partial charge in [0.2, 0.25) is 0 Å². The van der Waals surface area contributed by atoms with Crippen LogP contribution in [0.1, 0.15) is 23.2 Å². The maximum absolute atomic E-state index is 11.0. The highest BCUT2D eigenvalue weighted by Gasteiger charge is 2.26. The molecule has 2 fully saturated rings. The van der Waals surface area contributed by atoms with Crippen LogP contribution in [0.2, 0.25) is 0 Å². The highest BCUT2D eigenvalue weighted by atomic mass is 32.1. The molecular weight excluding hydrogens is 350 g/mol. The summed E-state index contributed by atoms with van der Waals surface area (Å²) < 4.78 is 5.45. The van der Waals surface area contributed by atoms with E-state index >= 15 is 0 Å². The summed E-state index contributed by atoms with van der Waals surface area (Å²) in [6.45, 7) is 5.89. The second-order valence-electron chi connectivity index (χ2n) is 6.76. The van der Waals surface area contributed by atoms with Crippen molar-refractivity contribution in [3.05, 3.63) is 35.2 Å². The van der Waals surface area contributed by atoms with Gasteiger partial charge < -0.3 is 14.7 Å². The largest absolute Gasteiger partial charge is 0.478 e. The van der Waals surface area contributed by atoms with Gasteiger partial charge in [-0.2, -0.15) is 0 Å². The number of hydrogen-bond donors (Lipinski definition) is 1. The number of carbonyl (C=O) groups is 1. The quantitative estimate of drug-likeness (QED) is 0.889. The van der Waals surface area contributed by atoms with Gasteiger partial charge in [-0.3, -0.25) is 4.90 Å². The number of benzene rings is 1. The van der Waals surface area contributed by atoms with E-state index in [1.807, 2.05) is 12.1 Å². The summed E-state index contributed by atoms with van der Waals surface area (Å²) in [5.41, 5.74) is 2.17. The Morgan fingerprint density at radius 3 is 2.46 bits per heavy atom. The van der Waals surface area contributed by atoms with Crippen molar-refractivity contribution in [3.63, 3.8) is 0 Å². The lowest BCUT2D eigenvalue weighted by molar-refractivity contribution is 0.0115. The van der Waals surface area contributed by atoms with Crippen LogP contribution < -0.4 is 4.90 Å². The van der Waals surface area contributed by atoms with Gasteiger partial charge in [-0.05, 0) is 25.0 Å². The number of anilines is 1. The topological polar surface area (TPSA) is 65.9 Å². The summed E-state index contributed by atoms with van der Waals surface area (Å²) in [5, 5.41) is 12.1. The van der Waals surface area contributed by atoms with Gasteiger partial charge in [0.05, 0.1) is 24.5 Å².